The minimum Gasteiger partial charge on any atom is -0.756 e. The average molecular weight is 781 g/mol. The summed E-state index contributed by atoms with van der Waals surface area (Å²) in [5, 5.41) is 0. The monoisotopic (exact) mass is 780 g/mol. The lowest BCUT2D eigenvalue weighted by Crippen LogP contribution is -2.62. The van der Waals surface area contributed by atoms with Crippen LogP contribution in [-0.4, -0.2) is 116 Å². The van der Waals surface area contributed by atoms with Gasteiger partial charge in [-0.2, -0.15) is 0 Å². The van der Waals surface area contributed by atoms with Crippen LogP contribution in [0.3, 0.4) is 0 Å². The van der Waals surface area contributed by atoms with Crippen LogP contribution in [0.5, 0.6) is 0 Å². The van der Waals surface area contributed by atoms with Crippen molar-refractivity contribution < 1.29 is 55.5 Å². The molecule has 0 aromatic rings. The highest BCUT2D eigenvalue weighted by Crippen LogP contribution is 2.69. The number of hydrogen-bond acceptors (Lipinski definition) is 10. The summed E-state index contributed by atoms with van der Waals surface area (Å²) in [7, 11) is 3.04. The number of hydrogen-bond donors (Lipinski definition) is 0. The second-order valence-electron chi connectivity index (χ2n) is 19.0. The minimum atomic E-state index is -4.44. The highest BCUT2D eigenvalue weighted by Gasteiger charge is 2.66. The molecule has 14 heteroatoms. The number of fused-ring (bicyclic) bond motifs is 5. The van der Waals surface area contributed by atoms with Gasteiger partial charge in [0.15, 0.2) is 0 Å². The van der Waals surface area contributed by atoms with Gasteiger partial charge in [-0.3, -0.25) is 9.13 Å². The van der Waals surface area contributed by atoms with E-state index in [0.29, 0.717) is 57.6 Å². The summed E-state index contributed by atoms with van der Waals surface area (Å²) in [6.45, 7) is 11.1. The maximum Gasteiger partial charge on any atom is 0.268 e. The highest BCUT2D eigenvalue weighted by atomic mass is 31.2. The molecule has 0 spiro atoms. The fraction of sp³-hybridized carbons (Fsp3) is 1.00. The smallest absolute Gasteiger partial charge is 0.268 e. The number of phosphoric ester groups is 2. The van der Waals surface area contributed by atoms with Gasteiger partial charge in [0.05, 0.1) is 80.9 Å². The summed E-state index contributed by atoms with van der Waals surface area (Å²) in [6, 6.07) is 0. The van der Waals surface area contributed by atoms with Crippen LogP contribution in [0.15, 0.2) is 0 Å². The first-order chi connectivity index (χ1) is 24.1. The fourth-order valence-corrected chi connectivity index (χ4v) is 12.2. The molecule has 4 aliphatic rings. The normalized spacial score (nSPS) is 36.7. The highest BCUT2D eigenvalue weighted by molar-refractivity contribution is 7.46. The standard InChI is InChI=1S/C38H74N2O10P2/c1-11-14-29(2)31-16-17-32-36-33(28-35(38(31,32)4)46-24-26-50-52(43,44)48-22-20-40(8,9)10)37(3)18-13-12-15-30(37)27-34(36)45-23-25-49-51(41,42)47-21-19-39(5,6)7/h29-36H,11-28H2,1-10H3/t29-,30+,31-,32+,33+,34-,35+,36+,37+,38-/m1/s1. The van der Waals surface area contributed by atoms with Gasteiger partial charge in [0.2, 0.25) is 0 Å². The lowest BCUT2D eigenvalue weighted by molar-refractivity contribution is -0.870. The Bertz CT molecular complexity index is 1230. The van der Waals surface area contributed by atoms with Crippen molar-refractivity contribution in [2.75, 3.05) is 95.0 Å². The van der Waals surface area contributed by atoms with Crippen molar-refractivity contribution in [3.8, 4) is 0 Å². The van der Waals surface area contributed by atoms with E-state index in [2.05, 4.69) is 27.7 Å². The Kier molecular flexibility index (Phi) is 15.6. The van der Waals surface area contributed by atoms with E-state index in [1.807, 2.05) is 42.3 Å². The summed E-state index contributed by atoms with van der Waals surface area (Å²) in [5.74, 6) is 2.63. The third-order valence-electron chi connectivity index (χ3n) is 13.5. The molecule has 4 fully saturated rings. The van der Waals surface area contributed by atoms with E-state index in [1.165, 1.54) is 25.7 Å². The first kappa shape index (κ1) is 44.8. The lowest BCUT2D eigenvalue weighted by Gasteiger charge is -2.64. The number of nitrogens with zero attached hydrogens (tertiary/aromatic N) is 2. The average Bonchev–Trinajstić information content (AvgIpc) is 3.38. The zero-order valence-corrected chi connectivity index (χ0v) is 36.0. The molecule has 0 heterocycles. The van der Waals surface area contributed by atoms with Crippen LogP contribution in [0.4, 0.5) is 0 Å². The van der Waals surface area contributed by atoms with Crippen molar-refractivity contribution in [3.63, 3.8) is 0 Å². The molecule has 4 rings (SSSR count). The van der Waals surface area contributed by atoms with Gasteiger partial charge in [-0.25, -0.2) is 0 Å². The number of likely N-dealkylation sites (N-methyl/N-ethyl adjacent to an activating group) is 2. The summed E-state index contributed by atoms with van der Waals surface area (Å²) < 4.78 is 60.7. The molecule has 0 amide bonds. The Hall–Kier alpha value is 0.0600. The van der Waals surface area contributed by atoms with Gasteiger partial charge in [0, 0.05) is 5.41 Å². The third kappa shape index (κ3) is 11.6. The Morgan fingerprint density at radius 2 is 1.29 bits per heavy atom. The molecule has 306 valence electrons. The largest absolute Gasteiger partial charge is 0.756 e. The van der Waals surface area contributed by atoms with Crippen molar-refractivity contribution in [3.05, 3.63) is 0 Å². The van der Waals surface area contributed by atoms with Crippen molar-refractivity contribution in [2.45, 2.75) is 104 Å². The lowest BCUT2D eigenvalue weighted by atomic mass is 9.43. The van der Waals surface area contributed by atoms with Gasteiger partial charge in [0.1, 0.15) is 26.3 Å². The fourth-order valence-electron chi connectivity index (χ4n) is 10.8. The van der Waals surface area contributed by atoms with Crippen molar-refractivity contribution in [1.82, 2.24) is 0 Å². The number of phosphoric acid groups is 2. The number of rotatable bonds is 21. The molecule has 0 aromatic heterocycles. The van der Waals surface area contributed by atoms with E-state index in [1.54, 1.807) is 0 Å². The van der Waals surface area contributed by atoms with Crippen LogP contribution in [0.2, 0.25) is 0 Å². The van der Waals surface area contributed by atoms with E-state index in [-0.39, 0.29) is 62.7 Å². The van der Waals surface area contributed by atoms with Crippen LogP contribution in [0.25, 0.3) is 0 Å². The molecule has 4 aliphatic carbocycles. The topological polar surface area (TPSA) is 136 Å². The van der Waals surface area contributed by atoms with Crippen LogP contribution >= 0.6 is 15.6 Å². The summed E-state index contributed by atoms with van der Waals surface area (Å²) in [6.07, 6.45) is 11.2. The van der Waals surface area contributed by atoms with Gasteiger partial charge in [-0.05, 0) is 79.4 Å². The van der Waals surface area contributed by atoms with Crippen LogP contribution in [-0.2, 0) is 36.7 Å². The number of quaternary nitrogens is 2. The van der Waals surface area contributed by atoms with Crippen molar-refractivity contribution in [1.29, 1.82) is 0 Å². The Balaban J connectivity index is 1.50. The SMILES string of the molecule is CCC[C@@H](C)[C@H]1CC[C@H]2[C@@H]3[C@H](OCCOP(=O)([O-])OCC[N+](C)(C)C)C[C@@H]4CCCC[C@]4(C)[C@H]3C[C@H](OCCOP(=O)([O-])OCC[N+](C)(C)C)[C@]12C. The maximum atomic E-state index is 12.6. The van der Waals surface area contributed by atoms with Crippen molar-refractivity contribution >= 4 is 15.6 Å². The summed E-state index contributed by atoms with van der Waals surface area (Å²) >= 11 is 0. The molecule has 0 aliphatic heterocycles. The van der Waals surface area contributed by atoms with Crippen molar-refractivity contribution in [2.24, 2.45) is 46.3 Å². The van der Waals surface area contributed by atoms with Gasteiger partial charge in [-0.1, -0.05) is 53.4 Å². The van der Waals surface area contributed by atoms with E-state index in [0.717, 1.165) is 38.5 Å². The van der Waals surface area contributed by atoms with Gasteiger partial charge >= 0.3 is 0 Å². The van der Waals surface area contributed by atoms with Gasteiger partial charge < -0.3 is 46.3 Å². The van der Waals surface area contributed by atoms with Crippen LogP contribution in [0, 0.1) is 46.3 Å². The second-order valence-corrected chi connectivity index (χ2v) is 21.9. The molecular weight excluding hydrogens is 706 g/mol. The molecule has 0 aromatic carbocycles. The first-order valence-electron chi connectivity index (χ1n) is 20.2. The van der Waals surface area contributed by atoms with Crippen LogP contribution < -0.4 is 9.79 Å². The maximum absolute atomic E-state index is 12.6. The molecule has 52 heavy (non-hydrogen) atoms. The van der Waals surface area contributed by atoms with Crippen LogP contribution in [0.1, 0.15) is 91.9 Å². The third-order valence-corrected chi connectivity index (χ3v) is 15.5. The first-order valence-corrected chi connectivity index (χ1v) is 23.1. The zero-order valence-electron chi connectivity index (χ0n) is 34.2. The van der Waals surface area contributed by atoms with E-state index >= 15 is 0 Å². The predicted molar refractivity (Wildman–Crippen MR) is 199 cm³/mol. The molecule has 4 saturated carbocycles. The Morgan fingerprint density at radius 1 is 0.731 bits per heavy atom. The summed E-state index contributed by atoms with van der Waals surface area (Å²) in [4.78, 5) is 25.1. The Morgan fingerprint density at radius 3 is 1.85 bits per heavy atom. The molecule has 12 nitrogen and oxygen atoms in total. The molecule has 0 bridgehead atoms. The molecule has 12 atom stereocenters. The summed E-state index contributed by atoms with van der Waals surface area (Å²) in [5.41, 5.74) is 0.0538. The van der Waals surface area contributed by atoms with E-state index in [4.69, 9.17) is 27.6 Å². The Labute approximate surface area is 316 Å². The van der Waals surface area contributed by atoms with E-state index in [9.17, 15) is 18.9 Å². The predicted octanol–water partition coefficient (Wildman–Crippen LogP) is 5.88. The molecular formula is C38H74N2O10P2. The molecule has 0 radical (unpaired) electrons. The number of ether oxygens (including phenoxy) is 2. The van der Waals surface area contributed by atoms with Gasteiger partial charge in [0.25, 0.3) is 15.6 Å². The van der Waals surface area contributed by atoms with Gasteiger partial charge in [-0.15, -0.1) is 0 Å². The zero-order chi connectivity index (χ0) is 38.6. The molecule has 2 unspecified atom stereocenters. The molecule has 0 N–H and O–H groups in total. The van der Waals surface area contributed by atoms with E-state index < -0.39 is 15.6 Å². The second kappa shape index (κ2) is 18.1. The quantitative estimate of drug-likeness (QED) is 0.0790. The molecule has 0 saturated heterocycles. The minimum absolute atomic E-state index is 0.0129.